The van der Waals surface area contributed by atoms with Gasteiger partial charge in [0.15, 0.2) is 5.65 Å². The molecule has 0 spiro atoms. The van der Waals surface area contributed by atoms with Gasteiger partial charge in [0.1, 0.15) is 29.3 Å². The van der Waals surface area contributed by atoms with Crippen molar-refractivity contribution in [2.24, 2.45) is 0 Å². The predicted octanol–water partition coefficient (Wildman–Crippen LogP) is 4.00. The number of likely N-dealkylation sites (tertiary alicyclic amines) is 1. The number of benzene rings is 1. The molecular weight excluding hydrogens is 508 g/mol. The Morgan fingerprint density at radius 3 is 2.70 bits per heavy atom. The molecule has 1 aliphatic carbocycles. The number of nitrogens with two attached hydrogens (primary N) is 1. The molecule has 1 aromatic carbocycles. The molecule has 0 bridgehead atoms. The molecule has 1 amide bonds. The Hall–Kier alpha value is -4.17. The first-order valence-electron chi connectivity index (χ1n) is 13.6. The quantitative estimate of drug-likeness (QED) is 0.384. The standard InChI is InChI=1S/C29H34N8O3/c1-17-33-23-12-18(7-11-24(23)36(17)19-8-9-19)6-10-22-25-26(30)31-16-32-27(25)37(34-22)20-13-21(15-39-5)35(14-20)28(38)40-29(2,3)4/h7,11-12,16,19-21H,8-9,13-15H2,1-5H3,(H2,30,31,32)/t20-,21+/m0/s1. The van der Waals surface area contributed by atoms with E-state index in [1.165, 1.54) is 19.2 Å². The summed E-state index contributed by atoms with van der Waals surface area (Å²) in [6, 6.07) is 6.35. The number of fused-ring (bicyclic) bond motifs is 2. The first kappa shape index (κ1) is 26.1. The van der Waals surface area contributed by atoms with Crippen LogP contribution in [-0.4, -0.2) is 72.2 Å². The molecule has 4 heterocycles. The summed E-state index contributed by atoms with van der Waals surface area (Å²) in [4.78, 5) is 28.2. The monoisotopic (exact) mass is 542 g/mol. The van der Waals surface area contributed by atoms with Crippen LogP contribution in [0.2, 0.25) is 0 Å². The van der Waals surface area contributed by atoms with E-state index < -0.39 is 5.60 Å². The molecule has 6 rings (SSSR count). The van der Waals surface area contributed by atoms with Crippen LogP contribution in [0.1, 0.15) is 69.2 Å². The van der Waals surface area contributed by atoms with E-state index in [1.54, 1.807) is 12.0 Å². The van der Waals surface area contributed by atoms with E-state index in [-0.39, 0.29) is 18.2 Å². The highest BCUT2D eigenvalue weighted by molar-refractivity contribution is 5.90. The topological polar surface area (TPSA) is 126 Å². The van der Waals surface area contributed by atoms with Gasteiger partial charge in [0.25, 0.3) is 0 Å². The lowest BCUT2D eigenvalue weighted by molar-refractivity contribution is 0.0145. The van der Waals surface area contributed by atoms with E-state index in [9.17, 15) is 4.79 Å². The van der Waals surface area contributed by atoms with Crippen LogP contribution in [0.4, 0.5) is 10.6 Å². The van der Waals surface area contributed by atoms with Crippen LogP contribution in [-0.2, 0) is 9.47 Å². The minimum Gasteiger partial charge on any atom is -0.444 e. The van der Waals surface area contributed by atoms with E-state index in [2.05, 4.69) is 39.4 Å². The Kier molecular flexibility index (Phi) is 6.38. The second-order valence-electron chi connectivity index (χ2n) is 11.6. The number of methoxy groups -OCH3 is 1. The van der Waals surface area contributed by atoms with Crippen LogP contribution in [0.15, 0.2) is 24.5 Å². The molecule has 11 nitrogen and oxygen atoms in total. The van der Waals surface area contributed by atoms with Gasteiger partial charge in [0.05, 0.1) is 35.1 Å². The number of hydrogen-bond acceptors (Lipinski definition) is 8. The lowest BCUT2D eigenvalue weighted by Crippen LogP contribution is -2.41. The van der Waals surface area contributed by atoms with Gasteiger partial charge in [0.2, 0.25) is 0 Å². The molecule has 11 heteroatoms. The lowest BCUT2D eigenvalue weighted by Gasteiger charge is -2.28. The Morgan fingerprint density at radius 1 is 1.18 bits per heavy atom. The van der Waals surface area contributed by atoms with Crippen LogP contribution in [0, 0.1) is 18.8 Å². The zero-order valence-electron chi connectivity index (χ0n) is 23.5. The van der Waals surface area contributed by atoms with E-state index in [1.807, 2.05) is 37.6 Å². The van der Waals surface area contributed by atoms with Crippen molar-refractivity contribution >= 4 is 34.0 Å². The highest BCUT2D eigenvalue weighted by Crippen LogP contribution is 2.38. The van der Waals surface area contributed by atoms with Gasteiger partial charge in [-0.3, -0.25) is 0 Å². The number of nitrogens with zero attached hydrogens (tertiary/aromatic N) is 7. The third-order valence-corrected chi connectivity index (χ3v) is 7.35. The number of imidazole rings is 1. The molecule has 208 valence electrons. The summed E-state index contributed by atoms with van der Waals surface area (Å²) in [6.45, 7) is 8.40. The highest BCUT2D eigenvalue weighted by Gasteiger charge is 2.39. The smallest absolute Gasteiger partial charge is 0.410 e. The molecule has 1 saturated heterocycles. The van der Waals surface area contributed by atoms with Gasteiger partial charge < -0.3 is 24.7 Å². The van der Waals surface area contributed by atoms with Crippen LogP contribution < -0.4 is 5.73 Å². The highest BCUT2D eigenvalue weighted by atomic mass is 16.6. The maximum atomic E-state index is 13.0. The zero-order chi connectivity index (χ0) is 28.2. The maximum absolute atomic E-state index is 13.0. The van der Waals surface area contributed by atoms with Crippen molar-refractivity contribution in [2.45, 2.75) is 70.7 Å². The van der Waals surface area contributed by atoms with Crippen molar-refractivity contribution in [3.8, 4) is 11.8 Å². The minimum atomic E-state index is -0.604. The van der Waals surface area contributed by atoms with Gasteiger partial charge in [-0.15, -0.1) is 0 Å². The van der Waals surface area contributed by atoms with Gasteiger partial charge in [-0.1, -0.05) is 5.92 Å². The minimum absolute atomic E-state index is 0.161. The molecule has 1 saturated carbocycles. The summed E-state index contributed by atoms with van der Waals surface area (Å²) in [5.74, 6) is 7.79. The number of anilines is 1. The molecule has 2 fully saturated rings. The second-order valence-corrected chi connectivity index (χ2v) is 11.6. The summed E-state index contributed by atoms with van der Waals surface area (Å²) in [7, 11) is 1.63. The van der Waals surface area contributed by atoms with Gasteiger partial charge >= 0.3 is 6.09 Å². The number of aromatic nitrogens is 6. The van der Waals surface area contributed by atoms with Crippen molar-refractivity contribution in [1.29, 1.82) is 0 Å². The van der Waals surface area contributed by atoms with E-state index in [0.717, 1.165) is 22.4 Å². The van der Waals surface area contributed by atoms with Crippen LogP contribution in [0.25, 0.3) is 22.1 Å². The average molecular weight is 543 g/mol. The van der Waals surface area contributed by atoms with Crippen LogP contribution in [0.5, 0.6) is 0 Å². The van der Waals surface area contributed by atoms with Gasteiger partial charge in [-0.05, 0) is 71.1 Å². The number of nitrogen functional groups attached to an aromatic ring is 1. The average Bonchev–Trinajstić information content (AvgIpc) is 3.37. The largest absolute Gasteiger partial charge is 0.444 e. The van der Waals surface area contributed by atoms with Crippen LogP contribution >= 0.6 is 0 Å². The van der Waals surface area contributed by atoms with Gasteiger partial charge in [0, 0.05) is 25.3 Å². The fraction of sp³-hybridized carbons (Fsp3) is 0.483. The first-order valence-corrected chi connectivity index (χ1v) is 13.6. The molecule has 3 aromatic heterocycles. The van der Waals surface area contributed by atoms with Gasteiger partial charge in [-0.2, -0.15) is 5.10 Å². The SMILES string of the molecule is COC[C@H]1C[C@H](n2nc(C#Cc3ccc4c(c3)nc(C)n4C3CC3)c3c(N)ncnc32)CN1C(=O)OC(C)(C)C. The van der Waals surface area contributed by atoms with Crippen molar-refractivity contribution in [1.82, 2.24) is 34.2 Å². The summed E-state index contributed by atoms with van der Waals surface area (Å²) in [5.41, 5.74) is 9.68. The molecule has 40 heavy (non-hydrogen) atoms. The molecule has 0 radical (unpaired) electrons. The first-order chi connectivity index (χ1) is 19.1. The zero-order valence-corrected chi connectivity index (χ0v) is 23.5. The number of rotatable bonds is 4. The second kappa shape index (κ2) is 9.78. The Bertz CT molecular complexity index is 1670. The summed E-state index contributed by atoms with van der Waals surface area (Å²) >= 11 is 0. The van der Waals surface area contributed by atoms with Crippen molar-refractivity contribution in [3.05, 3.63) is 41.6 Å². The van der Waals surface area contributed by atoms with Crippen molar-refractivity contribution < 1.29 is 14.3 Å². The third-order valence-electron chi connectivity index (χ3n) is 7.35. The predicted molar refractivity (Wildman–Crippen MR) is 151 cm³/mol. The molecule has 0 unspecified atom stereocenters. The third kappa shape index (κ3) is 4.84. The summed E-state index contributed by atoms with van der Waals surface area (Å²) in [5, 5.41) is 5.44. The maximum Gasteiger partial charge on any atom is 0.410 e. The molecule has 2 N–H and O–H groups in total. The van der Waals surface area contributed by atoms with Crippen LogP contribution in [0.3, 0.4) is 0 Å². The summed E-state index contributed by atoms with van der Waals surface area (Å²) < 4.78 is 15.2. The fourth-order valence-corrected chi connectivity index (χ4v) is 5.52. The Morgan fingerprint density at radius 2 is 1.98 bits per heavy atom. The number of aryl methyl sites for hydroxylation is 1. The molecule has 2 atom stereocenters. The van der Waals surface area contributed by atoms with Crippen molar-refractivity contribution in [3.63, 3.8) is 0 Å². The molecule has 2 aliphatic rings. The number of amides is 1. The molecule has 4 aromatic rings. The van der Waals surface area contributed by atoms with Crippen molar-refractivity contribution in [2.75, 3.05) is 26.0 Å². The fourth-order valence-electron chi connectivity index (χ4n) is 5.52. The van der Waals surface area contributed by atoms with Gasteiger partial charge in [-0.25, -0.2) is 24.4 Å². The molecular formula is C29H34N8O3. The number of carbonyl (C=O) groups is 1. The van der Waals surface area contributed by atoms with E-state index in [0.29, 0.717) is 48.2 Å². The number of carbonyl (C=O) groups excluding carboxylic acids is 1. The summed E-state index contributed by atoms with van der Waals surface area (Å²) in [6.07, 6.45) is 4.08. The van der Waals surface area contributed by atoms with E-state index in [4.69, 9.17) is 25.3 Å². The number of ether oxygens (including phenoxy) is 2. The normalized spacial score (nSPS) is 19.3. The Balaban J connectivity index is 1.34. The lowest BCUT2D eigenvalue weighted by atomic mass is 10.2. The number of hydrogen-bond donors (Lipinski definition) is 1. The Labute approximate surface area is 232 Å². The van der Waals surface area contributed by atoms with E-state index >= 15 is 0 Å². The molecule has 1 aliphatic heterocycles.